The van der Waals surface area contributed by atoms with Crippen molar-refractivity contribution < 1.29 is 14.3 Å². The predicted molar refractivity (Wildman–Crippen MR) is 112 cm³/mol. The number of methoxy groups -OCH3 is 1. The van der Waals surface area contributed by atoms with Gasteiger partial charge in [-0.05, 0) is 43.7 Å². The van der Waals surface area contributed by atoms with Crippen LogP contribution in [0.3, 0.4) is 0 Å². The molecule has 0 saturated carbocycles. The monoisotopic (exact) mass is 392 g/mol. The standard InChI is InChI=1S/C22H24N4O3/c1-4-25-17-8-6-5-7-16(17)23-22(25)24-21(28)15-12-20(27)26(13-15)18-11-14(2)9-10-19(18)29-3/h5-11,15H,4,12-13H2,1-3H3,(H,23,24,28)/t15-/m1/s1. The first-order chi connectivity index (χ1) is 14.0. The molecule has 2 heterocycles. The lowest BCUT2D eigenvalue weighted by Crippen LogP contribution is -2.29. The average molecular weight is 392 g/mol. The fraction of sp³-hybridized carbons (Fsp3) is 0.318. The number of benzene rings is 2. The fourth-order valence-corrected chi connectivity index (χ4v) is 3.83. The molecule has 2 amide bonds. The van der Waals surface area contributed by atoms with Gasteiger partial charge < -0.3 is 14.2 Å². The van der Waals surface area contributed by atoms with Gasteiger partial charge in [0, 0.05) is 19.5 Å². The van der Waals surface area contributed by atoms with Crippen LogP contribution in [0.25, 0.3) is 11.0 Å². The van der Waals surface area contributed by atoms with Crippen LogP contribution in [0.15, 0.2) is 42.5 Å². The Hall–Kier alpha value is -3.35. The summed E-state index contributed by atoms with van der Waals surface area (Å²) in [4.78, 5) is 31.8. The molecule has 0 spiro atoms. The molecule has 3 aromatic rings. The second-order valence-corrected chi connectivity index (χ2v) is 7.24. The van der Waals surface area contributed by atoms with E-state index in [2.05, 4.69) is 10.3 Å². The number of amides is 2. The Morgan fingerprint density at radius 1 is 1.28 bits per heavy atom. The molecule has 1 aromatic heterocycles. The molecule has 1 atom stereocenters. The number of aryl methyl sites for hydroxylation is 2. The minimum Gasteiger partial charge on any atom is -0.495 e. The number of hydrogen-bond acceptors (Lipinski definition) is 4. The van der Waals surface area contributed by atoms with Gasteiger partial charge in [-0.1, -0.05) is 18.2 Å². The average Bonchev–Trinajstić information content (AvgIpc) is 3.27. The van der Waals surface area contributed by atoms with Gasteiger partial charge in [-0.25, -0.2) is 4.98 Å². The van der Waals surface area contributed by atoms with E-state index in [4.69, 9.17) is 4.74 Å². The van der Waals surface area contributed by atoms with Crippen molar-refractivity contribution in [1.82, 2.24) is 9.55 Å². The molecule has 7 heteroatoms. The third-order valence-electron chi connectivity index (χ3n) is 5.33. The molecule has 1 aliphatic heterocycles. The number of para-hydroxylation sites is 2. The summed E-state index contributed by atoms with van der Waals surface area (Å²) >= 11 is 0. The van der Waals surface area contributed by atoms with E-state index < -0.39 is 5.92 Å². The SMILES string of the molecule is CCn1c(NC(=O)[C@@H]2CC(=O)N(c3cc(C)ccc3OC)C2)nc2ccccc21. The summed E-state index contributed by atoms with van der Waals surface area (Å²) in [6.07, 6.45) is 0.162. The van der Waals surface area contributed by atoms with E-state index in [1.807, 2.05) is 60.9 Å². The minimum atomic E-state index is -0.446. The van der Waals surface area contributed by atoms with Gasteiger partial charge in [0.25, 0.3) is 0 Å². The Morgan fingerprint density at radius 2 is 2.07 bits per heavy atom. The van der Waals surface area contributed by atoms with E-state index in [0.29, 0.717) is 30.5 Å². The van der Waals surface area contributed by atoms with Crippen molar-refractivity contribution in [3.63, 3.8) is 0 Å². The number of ether oxygens (including phenoxy) is 1. The number of carbonyl (C=O) groups excluding carboxylic acids is 2. The van der Waals surface area contributed by atoms with Crippen LogP contribution in [-0.4, -0.2) is 35.0 Å². The van der Waals surface area contributed by atoms with Gasteiger partial charge >= 0.3 is 0 Å². The van der Waals surface area contributed by atoms with Crippen molar-refractivity contribution in [3.8, 4) is 5.75 Å². The summed E-state index contributed by atoms with van der Waals surface area (Å²) in [5, 5.41) is 2.93. The second-order valence-electron chi connectivity index (χ2n) is 7.24. The van der Waals surface area contributed by atoms with Crippen molar-refractivity contribution in [3.05, 3.63) is 48.0 Å². The highest BCUT2D eigenvalue weighted by molar-refractivity contribution is 6.04. The van der Waals surface area contributed by atoms with Crippen molar-refractivity contribution in [2.75, 3.05) is 23.9 Å². The molecule has 0 unspecified atom stereocenters. The van der Waals surface area contributed by atoms with Gasteiger partial charge in [0.2, 0.25) is 17.8 Å². The summed E-state index contributed by atoms with van der Waals surface area (Å²) in [5.41, 5.74) is 3.53. The maximum atomic E-state index is 12.9. The van der Waals surface area contributed by atoms with Gasteiger partial charge in [-0.15, -0.1) is 0 Å². The van der Waals surface area contributed by atoms with Crippen LogP contribution in [0.1, 0.15) is 18.9 Å². The molecule has 1 N–H and O–H groups in total. The van der Waals surface area contributed by atoms with E-state index in [1.54, 1.807) is 12.0 Å². The summed E-state index contributed by atoms with van der Waals surface area (Å²) < 4.78 is 7.37. The minimum absolute atomic E-state index is 0.0851. The van der Waals surface area contributed by atoms with Crippen molar-refractivity contribution >= 4 is 34.5 Å². The first kappa shape index (κ1) is 19.0. The van der Waals surface area contributed by atoms with Crippen LogP contribution >= 0.6 is 0 Å². The van der Waals surface area contributed by atoms with Gasteiger partial charge in [-0.2, -0.15) is 0 Å². The smallest absolute Gasteiger partial charge is 0.232 e. The molecule has 0 aliphatic carbocycles. The molecule has 7 nitrogen and oxygen atoms in total. The third-order valence-corrected chi connectivity index (χ3v) is 5.33. The number of rotatable bonds is 5. The topological polar surface area (TPSA) is 76.5 Å². The number of nitrogens with zero attached hydrogens (tertiary/aromatic N) is 3. The molecule has 0 bridgehead atoms. The molecule has 1 aliphatic rings. The molecule has 1 saturated heterocycles. The van der Waals surface area contributed by atoms with Crippen LogP contribution in [0.2, 0.25) is 0 Å². The zero-order chi connectivity index (χ0) is 20.5. The highest BCUT2D eigenvalue weighted by Crippen LogP contribution is 2.34. The van der Waals surface area contributed by atoms with Crippen LogP contribution < -0.4 is 15.0 Å². The van der Waals surface area contributed by atoms with Gasteiger partial charge in [0.15, 0.2) is 0 Å². The maximum Gasteiger partial charge on any atom is 0.232 e. The molecule has 150 valence electrons. The molecule has 0 radical (unpaired) electrons. The largest absolute Gasteiger partial charge is 0.495 e. The maximum absolute atomic E-state index is 12.9. The lowest BCUT2D eigenvalue weighted by molar-refractivity contribution is -0.122. The van der Waals surface area contributed by atoms with Crippen LogP contribution in [-0.2, 0) is 16.1 Å². The predicted octanol–water partition coefficient (Wildman–Crippen LogP) is 3.36. The van der Waals surface area contributed by atoms with Gasteiger partial charge in [-0.3, -0.25) is 14.9 Å². The van der Waals surface area contributed by atoms with Crippen molar-refractivity contribution in [2.24, 2.45) is 5.92 Å². The van der Waals surface area contributed by atoms with Crippen LogP contribution in [0.4, 0.5) is 11.6 Å². The summed E-state index contributed by atoms with van der Waals surface area (Å²) in [5.74, 6) is 0.406. The highest BCUT2D eigenvalue weighted by Gasteiger charge is 2.36. The Morgan fingerprint density at radius 3 is 2.83 bits per heavy atom. The zero-order valence-corrected chi connectivity index (χ0v) is 16.8. The normalized spacial score (nSPS) is 16.4. The molecule has 4 rings (SSSR count). The van der Waals surface area contributed by atoms with E-state index >= 15 is 0 Å². The van der Waals surface area contributed by atoms with E-state index in [9.17, 15) is 9.59 Å². The van der Waals surface area contributed by atoms with Gasteiger partial charge in [0.1, 0.15) is 5.75 Å². The number of fused-ring (bicyclic) bond motifs is 1. The summed E-state index contributed by atoms with van der Waals surface area (Å²) in [7, 11) is 1.58. The first-order valence-corrected chi connectivity index (χ1v) is 9.73. The van der Waals surface area contributed by atoms with E-state index in [0.717, 1.165) is 16.6 Å². The number of imidazole rings is 1. The molecule has 29 heavy (non-hydrogen) atoms. The summed E-state index contributed by atoms with van der Waals surface area (Å²) in [6.45, 7) is 4.97. The van der Waals surface area contributed by atoms with Crippen LogP contribution in [0, 0.1) is 12.8 Å². The van der Waals surface area contributed by atoms with Crippen molar-refractivity contribution in [1.29, 1.82) is 0 Å². The number of hydrogen-bond donors (Lipinski definition) is 1. The number of anilines is 2. The number of nitrogens with one attached hydrogen (secondary N) is 1. The summed E-state index contributed by atoms with van der Waals surface area (Å²) in [6, 6.07) is 13.5. The fourth-order valence-electron chi connectivity index (χ4n) is 3.83. The first-order valence-electron chi connectivity index (χ1n) is 9.73. The van der Waals surface area contributed by atoms with Gasteiger partial charge in [0.05, 0.1) is 29.7 Å². The Labute approximate surface area is 169 Å². The third kappa shape index (κ3) is 3.44. The zero-order valence-electron chi connectivity index (χ0n) is 16.8. The lowest BCUT2D eigenvalue weighted by Gasteiger charge is -2.20. The molecule has 2 aromatic carbocycles. The Bertz CT molecular complexity index is 1090. The Balaban J connectivity index is 1.56. The van der Waals surface area contributed by atoms with Crippen molar-refractivity contribution in [2.45, 2.75) is 26.8 Å². The van der Waals surface area contributed by atoms with Crippen LogP contribution in [0.5, 0.6) is 5.75 Å². The number of aromatic nitrogens is 2. The quantitative estimate of drug-likeness (QED) is 0.722. The molecular weight excluding hydrogens is 368 g/mol. The number of carbonyl (C=O) groups is 2. The molecule has 1 fully saturated rings. The lowest BCUT2D eigenvalue weighted by atomic mass is 10.1. The Kier molecular flexibility index (Phi) is 4.96. The highest BCUT2D eigenvalue weighted by atomic mass is 16.5. The van der Waals surface area contributed by atoms with E-state index in [-0.39, 0.29) is 18.2 Å². The second kappa shape index (κ2) is 7.58. The molecular formula is C22H24N4O3. The van der Waals surface area contributed by atoms with E-state index in [1.165, 1.54) is 0 Å².